The SMILES string of the molecule is CC(=O)Nc1nc(F)c(CN2C[C@@H](Cc3cc(C)ncn3)C[C@@H]2C)s1. The normalized spacial score (nSPS) is 20.8. The van der Waals surface area contributed by atoms with Crippen LogP contribution in [0.1, 0.15) is 36.5 Å². The maximum atomic E-state index is 14.0. The molecule has 0 saturated carbocycles. The maximum absolute atomic E-state index is 14.0. The first-order chi connectivity index (χ1) is 11.9. The molecule has 2 aromatic heterocycles. The second-order valence-electron chi connectivity index (χ2n) is 6.65. The van der Waals surface area contributed by atoms with E-state index in [9.17, 15) is 9.18 Å². The second-order valence-corrected chi connectivity index (χ2v) is 7.73. The lowest BCUT2D eigenvalue weighted by Crippen LogP contribution is -2.26. The number of hydrogen-bond acceptors (Lipinski definition) is 6. The summed E-state index contributed by atoms with van der Waals surface area (Å²) < 4.78 is 14.0. The zero-order valence-corrected chi connectivity index (χ0v) is 15.4. The van der Waals surface area contributed by atoms with Crippen LogP contribution in [-0.4, -0.2) is 38.3 Å². The van der Waals surface area contributed by atoms with Crippen LogP contribution in [-0.2, 0) is 17.8 Å². The van der Waals surface area contributed by atoms with E-state index < -0.39 is 5.95 Å². The van der Waals surface area contributed by atoms with Crippen molar-refractivity contribution < 1.29 is 9.18 Å². The molecule has 1 aliphatic rings. The molecule has 0 aliphatic carbocycles. The highest BCUT2D eigenvalue weighted by Gasteiger charge is 2.30. The molecule has 1 aliphatic heterocycles. The monoisotopic (exact) mass is 363 g/mol. The molecule has 1 fully saturated rings. The summed E-state index contributed by atoms with van der Waals surface area (Å²) in [7, 11) is 0. The number of nitrogens with zero attached hydrogens (tertiary/aromatic N) is 4. The van der Waals surface area contributed by atoms with E-state index in [0.717, 1.165) is 30.8 Å². The van der Waals surface area contributed by atoms with Gasteiger partial charge in [0, 0.05) is 37.4 Å². The highest BCUT2D eigenvalue weighted by Crippen LogP contribution is 2.30. The van der Waals surface area contributed by atoms with Gasteiger partial charge in [0.2, 0.25) is 11.9 Å². The summed E-state index contributed by atoms with van der Waals surface area (Å²) in [5.74, 6) is -0.235. The molecule has 0 aromatic carbocycles. The number of hydrogen-bond donors (Lipinski definition) is 1. The topological polar surface area (TPSA) is 71.0 Å². The minimum absolute atomic E-state index is 0.241. The highest BCUT2D eigenvalue weighted by atomic mass is 32.1. The van der Waals surface area contributed by atoms with Crippen LogP contribution in [0.15, 0.2) is 12.4 Å². The standard InChI is InChI=1S/C17H22FN5OS/c1-10-4-14(20-9-19-10)6-13-5-11(2)23(7-13)8-15-16(18)22-17(25-15)21-12(3)24/h4,9,11,13H,5-8H2,1-3H3,(H,21,22,24)/t11-,13+/m0/s1. The number of carbonyl (C=O) groups excluding carboxylic acids is 1. The number of aromatic nitrogens is 3. The van der Waals surface area contributed by atoms with Crippen LogP contribution >= 0.6 is 11.3 Å². The van der Waals surface area contributed by atoms with E-state index in [4.69, 9.17) is 0 Å². The van der Waals surface area contributed by atoms with Gasteiger partial charge >= 0.3 is 0 Å². The zero-order valence-electron chi connectivity index (χ0n) is 14.6. The number of anilines is 1. The minimum Gasteiger partial charge on any atom is -0.302 e. The van der Waals surface area contributed by atoms with Gasteiger partial charge < -0.3 is 5.32 Å². The number of halogens is 1. The van der Waals surface area contributed by atoms with Crippen LogP contribution in [0, 0.1) is 18.8 Å². The number of thiazole rings is 1. The molecule has 8 heteroatoms. The van der Waals surface area contributed by atoms with Crippen molar-refractivity contribution in [3.63, 3.8) is 0 Å². The van der Waals surface area contributed by atoms with Gasteiger partial charge in [-0.15, -0.1) is 0 Å². The summed E-state index contributed by atoms with van der Waals surface area (Å²) in [5, 5.41) is 2.86. The minimum atomic E-state index is -0.490. The van der Waals surface area contributed by atoms with Gasteiger partial charge in [0.25, 0.3) is 0 Å². The number of carbonyl (C=O) groups is 1. The van der Waals surface area contributed by atoms with Gasteiger partial charge in [0.15, 0.2) is 5.13 Å². The van der Waals surface area contributed by atoms with E-state index in [1.54, 1.807) is 6.33 Å². The van der Waals surface area contributed by atoms with Crippen molar-refractivity contribution in [3.05, 3.63) is 34.6 Å². The van der Waals surface area contributed by atoms with Gasteiger partial charge in [-0.2, -0.15) is 9.37 Å². The van der Waals surface area contributed by atoms with Gasteiger partial charge in [0.05, 0.1) is 4.88 Å². The fourth-order valence-electron chi connectivity index (χ4n) is 3.32. The molecule has 2 atom stereocenters. The van der Waals surface area contributed by atoms with E-state index in [-0.39, 0.29) is 5.91 Å². The molecule has 134 valence electrons. The van der Waals surface area contributed by atoms with Gasteiger partial charge in [-0.05, 0) is 38.7 Å². The van der Waals surface area contributed by atoms with Crippen molar-refractivity contribution in [1.82, 2.24) is 19.9 Å². The van der Waals surface area contributed by atoms with E-state index >= 15 is 0 Å². The third kappa shape index (κ3) is 4.58. The Labute approximate surface area is 150 Å². The van der Waals surface area contributed by atoms with Gasteiger partial charge in [0.1, 0.15) is 6.33 Å². The number of likely N-dealkylation sites (tertiary alicyclic amines) is 1. The summed E-state index contributed by atoms with van der Waals surface area (Å²) in [5.41, 5.74) is 2.04. The fraction of sp³-hybridized carbons (Fsp3) is 0.529. The molecule has 3 heterocycles. The van der Waals surface area contributed by atoms with Crippen LogP contribution in [0.5, 0.6) is 0 Å². The first-order valence-corrected chi connectivity index (χ1v) is 9.16. The van der Waals surface area contributed by atoms with E-state index in [1.165, 1.54) is 18.3 Å². The maximum Gasteiger partial charge on any atom is 0.230 e. The first kappa shape index (κ1) is 17.9. The lowest BCUT2D eigenvalue weighted by molar-refractivity contribution is -0.114. The fourth-order valence-corrected chi connectivity index (χ4v) is 4.24. The average molecular weight is 363 g/mol. The Morgan fingerprint density at radius 1 is 1.48 bits per heavy atom. The highest BCUT2D eigenvalue weighted by molar-refractivity contribution is 7.15. The third-order valence-corrected chi connectivity index (χ3v) is 5.36. The quantitative estimate of drug-likeness (QED) is 0.884. The molecule has 3 rings (SSSR count). The van der Waals surface area contributed by atoms with Crippen LogP contribution in [0.25, 0.3) is 0 Å². The van der Waals surface area contributed by atoms with Crippen LogP contribution in [0.3, 0.4) is 0 Å². The molecule has 2 aromatic rings. The third-order valence-electron chi connectivity index (χ3n) is 4.43. The van der Waals surface area contributed by atoms with Gasteiger partial charge in [-0.1, -0.05) is 11.3 Å². The smallest absolute Gasteiger partial charge is 0.230 e. The summed E-state index contributed by atoms with van der Waals surface area (Å²) >= 11 is 1.20. The molecule has 1 saturated heterocycles. The predicted molar refractivity (Wildman–Crippen MR) is 94.8 cm³/mol. The Morgan fingerprint density at radius 3 is 3.00 bits per heavy atom. The van der Waals surface area contributed by atoms with E-state index in [2.05, 4.69) is 32.1 Å². The van der Waals surface area contributed by atoms with E-state index in [1.807, 2.05) is 13.0 Å². The molecule has 0 unspecified atom stereocenters. The van der Waals surface area contributed by atoms with Crippen molar-refractivity contribution in [3.8, 4) is 0 Å². The second kappa shape index (κ2) is 7.53. The van der Waals surface area contributed by atoms with Gasteiger partial charge in [-0.25, -0.2) is 9.97 Å². The number of nitrogens with one attached hydrogen (secondary N) is 1. The largest absolute Gasteiger partial charge is 0.302 e. The van der Waals surface area contributed by atoms with Crippen molar-refractivity contribution >= 4 is 22.4 Å². The zero-order chi connectivity index (χ0) is 18.0. The Morgan fingerprint density at radius 2 is 2.28 bits per heavy atom. The molecule has 0 bridgehead atoms. The summed E-state index contributed by atoms with van der Waals surface area (Å²) in [4.78, 5) is 26.2. The van der Waals surface area contributed by atoms with Crippen molar-refractivity contribution in [2.24, 2.45) is 5.92 Å². The average Bonchev–Trinajstić information content (AvgIpc) is 3.02. The molecular formula is C17H22FN5OS. The summed E-state index contributed by atoms with van der Waals surface area (Å²) in [6.07, 6.45) is 3.58. The Bertz CT molecular complexity index is 765. The molecule has 0 spiro atoms. The van der Waals surface area contributed by atoms with Crippen molar-refractivity contribution in [2.45, 2.75) is 46.2 Å². The lowest BCUT2D eigenvalue weighted by Gasteiger charge is -2.19. The van der Waals surface area contributed by atoms with Crippen molar-refractivity contribution in [2.75, 3.05) is 11.9 Å². The Kier molecular flexibility index (Phi) is 5.39. The molecule has 25 heavy (non-hydrogen) atoms. The Hall–Kier alpha value is -1.93. The predicted octanol–water partition coefficient (Wildman–Crippen LogP) is 2.79. The number of rotatable bonds is 5. The van der Waals surface area contributed by atoms with Crippen LogP contribution in [0.2, 0.25) is 0 Å². The number of aryl methyl sites for hydroxylation is 1. The lowest BCUT2D eigenvalue weighted by atomic mass is 10.00. The molecule has 1 amide bonds. The molecule has 6 nitrogen and oxygen atoms in total. The first-order valence-electron chi connectivity index (χ1n) is 8.35. The molecule has 0 radical (unpaired) electrons. The molecule has 1 N–H and O–H groups in total. The summed E-state index contributed by atoms with van der Waals surface area (Å²) in [6.45, 7) is 6.94. The van der Waals surface area contributed by atoms with Gasteiger partial charge in [-0.3, -0.25) is 9.69 Å². The van der Waals surface area contributed by atoms with E-state index in [0.29, 0.717) is 28.5 Å². The number of amides is 1. The van der Waals surface area contributed by atoms with Crippen molar-refractivity contribution in [1.29, 1.82) is 0 Å². The Balaban J connectivity index is 1.62. The van der Waals surface area contributed by atoms with Crippen LogP contribution in [0.4, 0.5) is 9.52 Å². The van der Waals surface area contributed by atoms with Crippen LogP contribution < -0.4 is 5.32 Å². The summed E-state index contributed by atoms with van der Waals surface area (Å²) in [6, 6.07) is 2.40. The molecular weight excluding hydrogens is 341 g/mol.